The normalized spacial score (nSPS) is 24.6. The molecule has 120 valence electrons. The average molecular weight is 332 g/mol. The number of hydrogen-bond acceptors (Lipinski definition) is 6. The van der Waals surface area contributed by atoms with E-state index in [1.54, 1.807) is 13.8 Å². The third-order valence-corrected chi connectivity index (χ3v) is 6.56. The zero-order valence-electron chi connectivity index (χ0n) is 12.7. The number of nitrogens with zero attached hydrogens (tertiary/aromatic N) is 2. The molecule has 0 aromatic carbocycles. The van der Waals surface area contributed by atoms with Crippen LogP contribution in [-0.2, 0) is 16.6 Å². The van der Waals surface area contributed by atoms with Crippen molar-refractivity contribution in [3.05, 3.63) is 11.1 Å². The van der Waals surface area contributed by atoms with E-state index in [1.807, 2.05) is 6.20 Å². The summed E-state index contributed by atoms with van der Waals surface area (Å²) in [5, 5.41) is 0.209. The monoisotopic (exact) mass is 332 g/mol. The van der Waals surface area contributed by atoms with E-state index < -0.39 is 10.0 Å². The van der Waals surface area contributed by atoms with E-state index in [2.05, 4.69) is 21.5 Å². The highest BCUT2D eigenvalue weighted by atomic mass is 32.2. The molecule has 1 aliphatic rings. The maximum atomic E-state index is 12.0. The van der Waals surface area contributed by atoms with Crippen molar-refractivity contribution in [3.8, 4) is 0 Å². The van der Waals surface area contributed by atoms with Crippen LogP contribution in [0.4, 0.5) is 5.13 Å². The highest BCUT2D eigenvalue weighted by Gasteiger charge is 2.30. The second-order valence-corrected chi connectivity index (χ2v) is 9.40. The Balaban J connectivity index is 1.90. The van der Waals surface area contributed by atoms with Gasteiger partial charge in [-0.2, -0.15) is 0 Å². The maximum Gasteiger partial charge on any atom is 0.214 e. The third-order valence-electron chi connectivity index (χ3n) is 3.88. The van der Waals surface area contributed by atoms with Gasteiger partial charge < -0.3 is 5.73 Å². The van der Waals surface area contributed by atoms with Gasteiger partial charge >= 0.3 is 0 Å². The zero-order chi connectivity index (χ0) is 15.6. The number of aromatic nitrogens is 1. The fourth-order valence-electron chi connectivity index (χ4n) is 2.51. The predicted octanol–water partition coefficient (Wildman–Crippen LogP) is 1.26. The summed E-state index contributed by atoms with van der Waals surface area (Å²) in [6.45, 7) is 8.10. The first-order valence-electron chi connectivity index (χ1n) is 7.21. The van der Waals surface area contributed by atoms with E-state index in [-0.39, 0.29) is 17.2 Å². The quantitative estimate of drug-likeness (QED) is 0.847. The lowest BCUT2D eigenvalue weighted by Crippen LogP contribution is -2.50. The van der Waals surface area contributed by atoms with E-state index in [0.29, 0.717) is 5.13 Å². The van der Waals surface area contributed by atoms with E-state index in [9.17, 15) is 8.42 Å². The molecular weight excluding hydrogens is 308 g/mol. The minimum atomic E-state index is -3.20. The number of anilines is 1. The summed E-state index contributed by atoms with van der Waals surface area (Å²) in [4.78, 5) is 7.55. The molecule has 0 saturated carbocycles. The van der Waals surface area contributed by atoms with E-state index >= 15 is 0 Å². The molecule has 0 spiro atoms. The molecule has 2 atom stereocenters. The summed E-state index contributed by atoms with van der Waals surface area (Å²) < 4.78 is 26.8. The van der Waals surface area contributed by atoms with Gasteiger partial charge in [-0.05, 0) is 26.2 Å². The number of sulfonamides is 1. The standard InChI is InChI=1S/C13H24N4O2S2/c1-9(2)21(18,19)16-12-4-5-17(7-10(12)3)8-11-6-15-13(14)20-11/h6,9-10,12,16H,4-5,7-8H2,1-3H3,(H2,14,15). The Bertz CT molecular complexity index is 570. The second-order valence-electron chi connectivity index (χ2n) is 5.98. The molecule has 6 nitrogen and oxygen atoms in total. The van der Waals surface area contributed by atoms with Crippen LogP contribution in [0.25, 0.3) is 0 Å². The lowest BCUT2D eigenvalue weighted by atomic mass is 9.95. The van der Waals surface area contributed by atoms with Crippen LogP contribution >= 0.6 is 11.3 Å². The molecule has 1 aromatic rings. The van der Waals surface area contributed by atoms with Crippen LogP contribution in [0.15, 0.2) is 6.20 Å². The lowest BCUT2D eigenvalue weighted by Gasteiger charge is -2.37. The highest BCUT2D eigenvalue weighted by molar-refractivity contribution is 7.90. The van der Waals surface area contributed by atoms with Crippen molar-refractivity contribution in [2.75, 3.05) is 18.8 Å². The van der Waals surface area contributed by atoms with Crippen LogP contribution in [0.3, 0.4) is 0 Å². The first-order valence-corrected chi connectivity index (χ1v) is 9.58. The minimum absolute atomic E-state index is 0.0279. The Labute approximate surface area is 130 Å². The molecule has 21 heavy (non-hydrogen) atoms. The number of hydrogen-bond donors (Lipinski definition) is 2. The summed E-state index contributed by atoms with van der Waals surface area (Å²) in [6.07, 6.45) is 2.65. The van der Waals surface area contributed by atoms with Crippen LogP contribution in [0.2, 0.25) is 0 Å². The number of piperidine rings is 1. The largest absolute Gasteiger partial charge is 0.375 e. The first kappa shape index (κ1) is 16.7. The van der Waals surface area contributed by atoms with Crippen LogP contribution in [0.5, 0.6) is 0 Å². The van der Waals surface area contributed by atoms with Gasteiger partial charge in [0.15, 0.2) is 5.13 Å². The van der Waals surface area contributed by atoms with Gasteiger partial charge in [0.05, 0.1) is 5.25 Å². The van der Waals surface area contributed by atoms with Crippen LogP contribution in [-0.4, -0.2) is 42.7 Å². The van der Waals surface area contributed by atoms with Crippen molar-refractivity contribution < 1.29 is 8.42 Å². The van der Waals surface area contributed by atoms with Gasteiger partial charge in [-0.3, -0.25) is 4.90 Å². The van der Waals surface area contributed by atoms with Crippen molar-refractivity contribution in [1.29, 1.82) is 0 Å². The lowest BCUT2D eigenvalue weighted by molar-refractivity contribution is 0.152. The molecule has 2 heterocycles. The van der Waals surface area contributed by atoms with Gasteiger partial charge in [-0.15, -0.1) is 11.3 Å². The first-order chi connectivity index (χ1) is 9.78. The Kier molecular flexibility index (Phi) is 5.24. The van der Waals surface area contributed by atoms with Crippen molar-refractivity contribution >= 4 is 26.5 Å². The summed E-state index contributed by atoms with van der Waals surface area (Å²) in [6, 6.07) is 0.0279. The SMILES string of the molecule is CC1CN(Cc2cnc(N)s2)CCC1NS(=O)(=O)C(C)C. The van der Waals surface area contributed by atoms with Crippen molar-refractivity contribution in [1.82, 2.24) is 14.6 Å². The Hall–Kier alpha value is -0.700. The molecule has 3 N–H and O–H groups in total. The number of likely N-dealkylation sites (tertiary alicyclic amines) is 1. The highest BCUT2D eigenvalue weighted by Crippen LogP contribution is 2.22. The molecule has 1 saturated heterocycles. The molecule has 0 aliphatic carbocycles. The maximum absolute atomic E-state index is 12.0. The fraction of sp³-hybridized carbons (Fsp3) is 0.769. The van der Waals surface area contributed by atoms with Gasteiger partial charge in [-0.25, -0.2) is 18.1 Å². The topological polar surface area (TPSA) is 88.3 Å². The van der Waals surface area contributed by atoms with Gasteiger partial charge in [-0.1, -0.05) is 6.92 Å². The molecule has 0 bridgehead atoms. The van der Waals surface area contributed by atoms with E-state index in [4.69, 9.17) is 5.73 Å². The van der Waals surface area contributed by atoms with Crippen molar-refractivity contribution in [2.45, 2.75) is 45.0 Å². The van der Waals surface area contributed by atoms with E-state index in [0.717, 1.165) is 30.9 Å². The van der Waals surface area contributed by atoms with Gasteiger partial charge in [0.2, 0.25) is 10.0 Å². The van der Waals surface area contributed by atoms with Crippen molar-refractivity contribution in [2.24, 2.45) is 5.92 Å². The van der Waals surface area contributed by atoms with Gasteiger partial charge in [0.1, 0.15) is 0 Å². The number of thiazole rings is 1. The van der Waals surface area contributed by atoms with Crippen LogP contribution in [0, 0.1) is 5.92 Å². The van der Waals surface area contributed by atoms with Crippen molar-refractivity contribution in [3.63, 3.8) is 0 Å². The molecule has 1 aromatic heterocycles. The number of rotatable bonds is 5. The molecule has 2 rings (SSSR count). The predicted molar refractivity (Wildman–Crippen MR) is 86.6 cm³/mol. The van der Waals surface area contributed by atoms with E-state index in [1.165, 1.54) is 11.3 Å². The van der Waals surface area contributed by atoms with Gasteiger partial charge in [0, 0.05) is 36.8 Å². The Morgan fingerprint density at radius 1 is 1.57 bits per heavy atom. The fourth-order valence-corrected chi connectivity index (χ4v) is 4.28. The molecule has 1 aliphatic heterocycles. The third kappa shape index (κ3) is 4.38. The molecule has 2 unspecified atom stereocenters. The number of nitrogens with one attached hydrogen (secondary N) is 1. The summed E-state index contributed by atoms with van der Waals surface area (Å²) in [5.74, 6) is 0.289. The summed E-state index contributed by atoms with van der Waals surface area (Å²) in [5.41, 5.74) is 5.64. The Morgan fingerprint density at radius 2 is 2.29 bits per heavy atom. The molecular formula is C13H24N4O2S2. The Morgan fingerprint density at radius 3 is 2.81 bits per heavy atom. The minimum Gasteiger partial charge on any atom is -0.375 e. The molecule has 0 radical (unpaired) electrons. The van der Waals surface area contributed by atoms with Crippen LogP contribution < -0.4 is 10.5 Å². The smallest absolute Gasteiger partial charge is 0.214 e. The molecule has 1 fully saturated rings. The zero-order valence-corrected chi connectivity index (χ0v) is 14.4. The number of nitrogen functional groups attached to an aromatic ring is 1. The second kappa shape index (κ2) is 6.60. The number of nitrogens with two attached hydrogens (primary N) is 1. The average Bonchev–Trinajstić information content (AvgIpc) is 2.78. The van der Waals surface area contributed by atoms with Gasteiger partial charge in [0.25, 0.3) is 0 Å². The molecule has 8 heteroatoms. The molecule has 0 amide bonds. The summed E-state index contributed by atoms with van der Waals surface area (Å²) in [7, 11) is -3.20. The van der Waals surface area contributed by atoms with Crippen LogP contribution in [0.1, 0.15) is 32.1 Å². The summed E-state index contributed by atoms with van der Waals surface area (Å²) >= 11 is 1.51.